The summed E-state index contributed by atoms with van der Waals surface area (Å²) in [6, 6.07) is 7.08. The molecule has 1 aliphatic carbocycles. The second-order valence-electron chi connectivity index (χ2n) is 5.39. The van der Waals surface area contributed by atoms with Crippen LogP contribution in [0.5, 0.6) is 0 Å². The van der Waals surface area contributed by atoms with Crippen LogP contribution in [0.25, 0.3) is 0 Å². The first-order valence-corrected chi connectivity index (χ1v) is 6.68. The fraction of sp³-hybridized carbons (Fsp3) is 0.600. The molecule has 0 atom stereocenters. The topological polar surface area (TPSA) is 3.24 Å². The Kier molecular flexibility index (Phi) is 2.72. The minimum absolute atomic E-state index is 1.02. The molecular formula is C15H21N. The molecular weight excluding hydrogens is 194 g/mol. The first-order chi connectivity index (χ1) is 7.85. The Hall–Kier alpha value is -0.820. The van der Waals surface area contributed by atoms with Gasteiger partial charge in [0.2, 0.25) is 0 Å². The predicted octanol–water partition coefficient (Wildman–Crippen LogP) is 3.02. The molecule has 1 aliphatic heterocycles. The zero-order valence-electron chi connectivity index (χ0n) is 10.2. The summed E-state index contributed by atoms with van der Waals surface area (Å²) in [7, 11) is 0. The highest BCUT2D eigenvalue weighted by Gasteiger charge is 2.26. The Bertz CT molecular complexity index is 379. The van der Waals surface area contributed by atoms with E-state index < -0.39 is 0 Å². The summed E-state index contributed by atoms with van der Waals surface area (Å²) in [6.45, 7) is 6.05. The molecule has 1 heterocycles. The molecule has 0 N–H and O–H groups in total. The van der Waals surface area contributed by atoms with Gasteiger partial charge in [0.25, 0.3) is 0 Å². The summed E-state index contributed by atoms with van der Waals surface area (Å²) in [5.74, 6) is 1.02. The standard InChI is InChI=1S/C15H21N/c1-2-12-5-6-14-7-8-16(10-13-3-4-13)11-15(14)9-12/h5-6,9,13H,2-4,7-8,10-11H2,1H3. The van der Waals surface area contributed by atoms with E-state index in [4.69, 9.17) is 0 Å². The number of hydrogen-bond donors (Lipinski definition) is 0. The van der Waals surface area contributed by atoms with Crippen LogP contribution in [0.3, 0.4) is 0 Å². The number of rotatable bonds is 3. The molecule has 0 saturated heterocycles. The Morgan fingerprint density at radius 1 is 1.25 bits per heavy atom. The van der Waals surface area contributed by atoms with Crippen LogP contribution in [0.1, 0.15) is 36.5 Å². The van der Waals surface area contributed by atoms with Gasteiger partial charge in [-0.3, -0.25) is 4.90 Å². The van der Waals surface area contributed by atoms with Crippen molar-refractivity contribution in [1.29, 1.82) is 0 Å². The lowest BCUT2D eigenvalue weighted by molar-refractivity contribution is 0.244. The van der Waals surface area contributed by atoms with Gasteiger partial charge in [-0.2, -0.15) is 0 Å². The molecule has 0 amide bonds. The van der Waals surface area contributed by atoms with E-state index in [0.29, 0.717) is 0 Å². The second-order valence-corrected chi connectivity index (χ2v) is 5.39. The van der Waals surface area contributed by atoms with Gasteiger partial charge in [-0.25, -0.2) is 0 Å². The molecule has 16 heavy (non-hydrogen) atoms. The lowest BCUT2D eigenvalue weighted by Crippen LogP contribution is -2.32. The smallest absolute Gasteiger partial charge is 0.0236 e. The SMILES string of the molecule is CCc1ccc2c(c1)CN(CC1CC1)CC2. The Balaban J connectivity index is 1.74. The van der Waals surface area contributed by atoms with E-state index in [1.807, 2.05) is 0 Å². The van der Waals surface area contributed by atoms with Crippen molar-refractivity contribution in [2.45, 2.75) is 39.2 Å². The number of nitrogens with zero attached hydrogens (tertiary/aromatic N) is 1. The second kappa shape index (κ2) is 4.21. The first kappa shape index (κ1) is 10.3. The predicted molar refractivity (Wildman–Crippen MR) is 67.5 cm³/mol. The number of aryl methyl sites for hydroxylation is 1. The molecule has 0 unspecified atom stereocenters. The van der Waals surface area contributed by atoms with E-state index in [0.717, 1.165) is 12.3 Å². The van der Waals surface area contributed by atoms with Crippen LogP contribution in [0.15, 0.2) is 18.2 Å². The van der Waals surface area contributed by atoms with Gasteiger partial charge in [0.1, 0.15) is 0 Å². The molecule has 0 spiro atoms. The van der Waals surface area contributed by atoms with Crippen molar-refractivity contribution in [3.05, 3.63) is 34.9 Å². The zero-order chi connectivity index (χ0) is 11.0. The maximum atomic E-state index is 2.65. The molecule has 1 nitrogen and oxygen atoms in total. The van der Waals surface area contributed by atoms with Crippen LogP contribution in [0.4, 0.5) is 0 Å². The Morgan fingerprint density at radius 2 is 2.12 bits per heavy atom. The molecule has 0 bridgehead atoms. The Morgan fingerprint density at radius 3 is 2.88 bits per heavy atom. The monoisotopic (exact) mass is 215 g/mol. The lowest BCUT2D eigenvalue weighted by Gasteiger charge is -2.29. The van der Waals surface area contributed by atoms with Gasteiger partial charge in [-0.15, -0.1) is 0 Å². The summed E-state index contributed by atoms with van der Waals surface area (Å²) in [6.07, 6.45) is 5.36. The van der Waals surface area contributed by atoms with Crippen molar-refractivity contribution < 1.29 is 0 Å². The van der Waals surface area contributed by atoms with Gasteiger partial charge < -0.3 is 0 Å². The van der Waals surface area contributed by atoms with Gasteiger partial charge >= 0.3 is 0 Å². The van der Waals surface area contributed by atoms with Crippen molar-refractivity contribution in [3.8, 4) is 0 Å². The van der Waals surface area contributed by atoms with Crippen LogP contribution in [-0.4, -0.2) is 18.0 Å². The zero-order valence-corrected chi connectivity index (χ0v) is 10.2. The van der Waals surface area contributed by atoms with Crippen molar-refractivity contribution in [1.82, 2.24) is 4.90 Å². The maximum absolute atomic E-state index is 2.65. The van der Waals surface area contributed by atoms with E-state index in [-0.39, 0.29) is 0 Å². The lowest BCUT2D eigenvalue weighted by atomic mass is 9.96. The molecule has 1 aromatic rings. The number of benzene rings is 1. The third kappa shape index (κ3) is 2.15. The minimum Gasteiger partial charge on any atom is -0.298 e. The number of fused-ring (bicyclic) bond motifs is 1. The van der Waals surface area contributed by atoms with Crippen molar-refractivity contribution in [3.63, 3.8) is 0 Å². The third-order valence-corrected chi connectivity index (χ3v) is 3.98. The molecule has 86 valence electrons. The summed E-state index contributed by atoms with van der Waals surface area (Å²) in [5, 5.41) is 0. The minimum atomic E-state index is 1.02. The highest BCUT2D eigenvalue weighted by atomic mass is 15.1. The van der Waals surface area contributed by atoms with E-state index in [2.05, 4.69) is 30.0 Å². The van der Waals surface area contributed by atoms with Crippen LogP contribution in [-0.2, 0) is 19.4 Å². The average molecular weight is 215 g/mol. The summed E-state index contributed by atoms with van der Waals surface area (Å²) < 4.78 is 0. The van der Waals surface area contributed by atoms with E-state index in [9.17, 15) is 0 Å². The molecule has 0 aromatic heterocycles. The fourth-order valence-corrected chi connectivity index (χ4v) is 2.71. The fourth-order valence-electron chi connectivity index (χ4n) is 2.71. The third-order valence-electron chi connectivity index (χ3n) is 3.98. The number of hydrogen-bond acceptors (Lipinski definition) is 1. The molecule has 1 aromatic carbocycles. The van der Waals surface area contributed by atoms with Crippen molar-refractivity contribution >= 4 is 0 Å². The maximum Gasteiger partial charge on any atom is 0.0236 e. The summed E-state index contributed by atoms with van der Waals surface area (Å²) in [5.41, 5.74) is 4.67. The quantitative estimate of drug-likeness (QED) is 0.749. The van der Waals surface area contributed by atoms with Gasteiger partial charge in [0.15, 0.2) is 0 Å². The summed E-state index contributed by atoms with van der Waals surface area (Å²) in [4.78, 5) is 2.65. The first-order valence-electron chi connectivity index (χ1n) is 6.68. The molecule has 1 fully saturated rings. The van der Waals surface area contributed by atoms with Crippen molar-refractivity contribution in [2.24, 2.45) is 5.92 Å². The van der Waals surface area contributed by atoms with Gasteiger partial charge in [-0.05, 0) is 48.3 Å². The van der Waals surface area contributed by atoms with E-state index in [1.54, 1.807) is 11.1 Å². The van der Waals surface area contributed by atoms with Crippen LogP contribution < -0.4 is 0 Å². The summed E-state index contributed by atoms with van der Waals surface area (Å²) >= 11 is 0. The largest absolute Gasteiger partial charge is 0.298 e. The van der Waals surface area contributed by atoms with E-state index in [1.165, 1.54) is 44.5 Å². The van der Waals surface area contributed by atoms with Gasteiger partial charge in [0, 0.05) is 19.6 Å². The molecule has 1 heteroatoms. The van der Waals surface area contributed by atoms with Crippen LogP contribution >= 0.6 is 0 Å². The highest BCUT2D eigenvalue weighted by molar-refractivity contribution is 5.33. The normalized spacial score (nSPS) is 20.8. The average Bonchev–Trinajstić information content (AvgIpc) is 3.12. The molecule has 2 aliphatic rings. The van der Waals surface area contributed by atoms with Crippen LogP contribution in [0, 0.1) is 5.92 Å². The van der Waals surface area contributed by atoms with E-state index >= 15 is 0 Å². The van der Waals surface area contributed by atoms with Crippen molar-refractivity contribution in [2.75, 3.05) is 13.1 Å². The Labute approximate surface area is 98.5 Å². The molecule has 1 saturated carbocycles. The molecule has 3 rings (SSSR count). The van der Waals surface area contributed by atoms with Gasteiger partial charge in [-0.1, -0.05) is 25.1 Å². The van der Waals surface area contributed by atoms with Gasteiger partial charge in [0.05, 0.1) is 0 Å². The van der Waals surface area contributed by atoms with Crippen LogP contribution in [0.2, 0.25) is 0 Å². The molecule has 0 radical (unpaired) electrons. The highest BCUT2D eigenvalue weighted by Crippen LogP contribution is 2.31.